The normalized spacial score (nSPS) is 12.6. The molecule has 278 valence electrons. The van der Waals surface area contributed by atoms with E-state index < -0.39 is 12.1 Å². The van der Waals surface area contributed by atoms with Crippen molar-refractivity contribution in [2.45, 2.75) is 117 Å². The van der Waals surface area contributed by atoms with E-state index >= 15 is 0 Å². The van der Waals surface area contributed by atoms with Gasteiger partial charge in [-0.3, -0.25) is 29.1 Å². The van der Waals surface area contributed by atoms with Crippen molar-refractivity contribution >= 4 is 78.8 Å². The first kappa shape index (κ1) is 44.4. The highest BCUT2D eigenvalue weighted by atomic mass is 79.9. The lowest BCUT2D eigenvalue weighted by Gasteiger charge is -2.19. The van der Waals surface area contributed by atoms with Gasteiger partial charge in [-0.05, 0) is 93.0 Å². The molecule has 0 aliphatic rings. The molecule has 2 aromatic rings. The third-order valence-electron chi connectivity index (χ3n) is 8.05. The highest BCUT2D eigenvalue weighted by Crippen LogP contribution is 2.17. The van der Waals surface area contributed by atoms with Crippen molar-refractivity contribution in [3.63, 3.8) is 0 Å². The molecule has 0 bridgehead atoms. The molecule has 0 saturated carbocycles. The molecule has 0 spiro atoms. The van der Waals surface area contributed by atoms with Crippen molar-refractivity contribution in [3.05, 3.63) is 57.0 Å². The fraction of sp³-hybridized carbons (Fsp3) is 0.632. The summed E-state index contributed by atoms with van der Waals surface area (Å²) in [6.45, 7) is 8.25. The smallest absolute Gasteiger partial charge is 0.253 e. The summed E-state index contributed by atoms with van der Waals surface area (Å²) in [6.07, 6.45) is 18.3. The van der Waals surface area contributed by atoms with Crippen LogP contribution in [0.1, 0.15) is 125 Å². The van der Waals surface area contributed by atoms with Gasteiger partial charge >= 0.3 is 0 Å². The fourth-order valence-corrected chi connectivity index (χ4v) is 8.05. The molecular formula is C38H56Br2N4O4S2. The van der Waals surface area contributed by atoms with E-state index in [0.29, 0.717) is 48.6 Å². The van der Waals surface area contributed by atoms with E-state index in [2.05, 4.69) is 80.2 Å². The van der Waals surface area contributed by atoms with Crippen molar-refractivity contribution in [1.82, 2.24) is 20.6 Å². The van der Waals surface area contributed by atoms with Crippen LogP contribution in [0.25, 0.3) is 0 Å². The molecule has 0 aliphatic heterocycles. The van der Waals surface area contributed by atoms with Gasteiger partial charge in [0.2, 0.25) is 0 Å². The van der Waals surface area contributed by atoms with Crippen molar-refractivity contribution in [2.75, 3.05) is 23.0 Å². The van der Waals surface area contributed by atoms with E-state index in [0.717, 1.165) is 32.0 Å². The Morgan fingerprint density at radius 3 is 1.28 bits per heavy atom. The molecule has 2 amide bonds. The molecule has 0 saturated heterocycles. The van der Waals surface area contributed by atoms with Gasteiger partial charge in [0.1, 0.15) is 0 Å². The van der Waals surface area contributed by atoms with Gasteiger partial charge in [-0.15, -0.1) is 0 Å². The van der Waals surface area contributed by atoms with Crippen molar-refractivity contribution in [2.24, 2.45) is 11.8 Å². The van der Waals surface area contributed by atoms with Crippen LogP contribution in [0.2, 0.25) is 0 Å². The van der Waals surface area contributed by atoms with Crippen LogP contribution in [0.5, 0.6) is 0 Å². The fourth-order valence-electron chi connectivity index (χ4n) is 5.41. The van der Waals surface area contributed by atoms with Gasteiger partial charge in [0.15, 0.2) is 11.6 Å². The zero-order valence-corrected chi connectivity index (χ0v) is 35.0. The van der Waals surface area contributed by atoms with Crippen LogP contribution in [-0.4, -0.2) is 68.4 Å². The number of nitrogens with zero attached hydrogens (tertiary/aromatic N) is 2. The highest BCUT2D eigenvalue weighted by molar-refractivity contribution is 9.10. The van der Waals surface area contributed by atoms with E-state index in [4.69, 9.17) is 0 Å². The number of unbranched alkanes of at least 4 members (excludes halogenated alkanes) is 7. The predicted octanol–water partition coefficient (Wildman–Crippen LogP) is 9.50. The van der Waals surface area contributed by atoms with E-state index in [1.165, 1.54) is 63.8 Å². The Labute approximate surface area is 325 Å². The molecule has 2 atom stereocenters. The highest BCUT2D eigenvalue weighted by Gasteiger charge is 2.23. The Morgan fingerprint density at radius 1 is 0.580 bits per heavy atom. The summed E-state index contributed by atoms with van der Waals surface area (Å²) in [6, 6.07) is 2.48. The minimum atomic E-state index is -0.472. The topological polar surface area (TPSA) is 118 Å². The summed E-state index contributed by atoms with van der Waals surface area (Å²) >= 11 is 10.3. The SMILES string of the molecule is CC(C)C[C@H](NC(=O)c1cncc(Br)c1)C(=O)CCSCCCCCCCCCCSCCC(=O)[C@H](CC(C)C)NC(=O)c1cncc(Br)c1. The van der Waals surface area contributed by atoms with Crippen molar-refractivity contribution < 1.29 is 19.2 Å². The van der Waals surface area contributed by atoms with E-state index in [1.807, 2.05) is 23.5 Å². The Bertz CT molecular complexity index is 1230. The zero-order valence-electron chi connectivity index (χ0n) is 30.2. The number of Topliss-reactive ketones (excluding diaryl/α,β-unsaturated/α-hetero) is 2. The minimum Gasteiger partial charge on any atom is -0.342 e. The van der Waals surface area contributed by atoms with Gasteiger partial charge in [-0.2, -0.15) is 23.5 Å². The van der Waals surface area contributed by atoms with Gasteiger partial charge in [0.25, 0.3) is 11.8 Å². The monoisotopic (exact) mass is 854 g/mol. The van der Waals surface area contributed by atoms with Crippen LogP contribution in [-0.2, 0) is 9.59 Å². The van der Waals surface area contributed by atoms with Gasteiger partial charge in [0.05, 0.1) is 23.2 Å². The first-order valence-electron chi connectivity index (χ1n) is 18.0. The number of halogens is 2. The Morgan fingerprint density at radius 2 is 0.940 bits per heavy atom. The summed E-state index contributed by atoms with van der Waals surface area (Å²) in [7, 11) is 0. The first-order valence-corrected chi connectivity index (χ1v) is 21.9. The Balaban J connectivity index is 1.48. The third kappa shape index (κ3) is 19.7. The number of ketones is 2. The predicted molar refractivity (Wildman–Crippen MR) is 216 cm³/mol. The molecule has 0 fully saturated rings. The molecule has 0 aliphatic carbocycles. The zero-order chi connectivity index (χ0) is 36.7. The molecular weight excluding hydrogens is 800 g/mol. The molecule has 50 heavy (non-hydrogen) atoms. The number of thioether (sulfide) groups is 2. The molecule has 2 rings (SSSR count). The second-order valence-electron chi connectivity index (χ2n) is 13.6. The molecule has 0 aromatic carbocycles. The molecule has 2 N–H and O–H groups in total. The number of carbonyl (C=O) groups is 4. The van der Waals surface area contributed by atoms with Gasteiger partial charge in [0, 0.05) is 58.1 Å². The van der Waals surface area contributed by atoms with Crippen LogP contribution in [0, 0.1) is 11.8 Å². The molecule has 2 aromatic heterocycles. The molecule has 0 unspecified atom stereocenters. The average molecular weight is 857 g/mol. The average Bonchev–Trinajstić information content (AvgIpc) is 3.06. The van der Waals surface area contributed by atoms with Crippen LogP contribution >= 0.6 is 55.4 Å². The lowest BCUT2D eigenvalue weighted by Crippen LogP contribution is -2.42. The van der Waals surface area contributed by atoms with Crippen LogP contribution in [0.3, 0.4) is 0 Å². The van der Waals surface area contributed by atoms with E-state index in [-0.39, 0.29) is 23.4 Å². The largest absolute Gasteiger partial charge is 0.342 e. The molecule has 12 heteroatoms. The first-order chi connectivity index (χ1) is 24.0. The third-order valence-corrected chi connectivity index (χ3v) is 11.1. The van der Waals surface area contributed by atoms with Crippen molar-refractivity contribution in [3.8, 4) is 0 Å². The second-order valence-corrected chi connectivity index (χ2v) is 17.9. The van der Waals surface area contributed by atoms with Gasteiger partial charge in [-0.1, -0.05) is 66.2 Å². The number of rotatable bonds is 27. The Hall–Kier alpha value is -1.76. The second kappa shape index (κ2) is 26.1. The lowest BCUT2D eigenvalue weighted by atomic mass is 9.98. The van der Waals surface area contributed by atoms with Crippen molar-refractivity contribution in [1.29, 1.82) is 0 Å². The number of amides is 2. The van der Waals surface area contributed by atoms with Crippen LogP contribution in [0.15, 0.2) is 45.9 Å². The van der Waals surface area contributed by atoms with Gasteiger partial charge in [-0.25, -0.2) is 0 Å². The number of nitrogens with one attached hydrogen (secondary N) is 2. The molecule has 2 heterocycles. The maximum atomic E-state index is 12.9. The lowest BCUT2D eigenvalue weighted by molar-refractivity contribution is -0.121. The number of hydrogen-bond acceptors (Lipinski definition) is 8. The standard InChI is InChI=1S/C38H56Br2N4O4S2/c1-27(2)19-33(43-37(47)29-21-31(39)25-41-23-29)35(45)13-17-49-15-11-9-7-5-6-8-10-12-16-50-18-14-36(46)34(20-28(3)4)44-38(48)30-22-32(40)26-42-24-30/h21-28,33-34H,5-20H2,1-4H3,(H,43,47)(H,44,48)/t33-,34-/m0/s1. The molecule has 8 nitrogen and oxygen atoms in total. The van der Waals surface area contributed by atoms with Gasteiger partial charge < -0.3 is 10.6 Å². The number of aromatic nitrogens is 2. The summed E-state index contributed by atoms with van der Waals surface area (Å²) < 4.78 is 1.46. The maximum Gasteiger partial charge on any atom is 0.253 e. The summed E-state index contributed by atoms with van der Waals surface area (Å²) in [5, 5.41) is 5.86. The Kier molecular flexibility index (Phi) is 23.2. The van der Waals surface area contributed by atoms with E-state index in [1.54, 1.807) is 24.5 Å². The van der Waals surface area contributed by atoms with E-state index in [9.17, 15) is 19.2 Å². The minimum absolute atomic E-state index is 0.0982. The molecule has 0 radical (unpaired) electrons. The summed E-state index contributed by atoms with van der Waals surface area (Å²) in [5.41, 5.74) is 0.892. The number of hydrogen-bond donors (Lipinski definition) is 2. The maximum absolute atomic E-state index is 12.9. The van der Waals surface area contributed by atoms with Crippen LogP contribution in [0.4, 0.5) is 0 Å². The summed E-state index contributed by atoms with van der Waals surface area (Å²) in [4.78, 5) is 59.3. The number of carbonyl (C=O) groups excluding carboxylic acids is 4. The number of pyridine rings is 2. The summed E-state index contributed by atoms with van der Waals surface area (Å²) in [5.74, 6) is 3.96. The van der Waals surface area contributed by atoms with Crippen LogP contribution < -0.4 is 10.6 Å². The quantitative estimate of drug-likeness (QED) is 0.0854.